The fraction of sp³-hybridized carbons (Fsp3) is 0.300. The van der Waals surface area contributed by atoms with Crippen LogP contribution in [0.1, 0.15) is 30.1 Å². The number of carbonyl (C=O) groups excluding carboxylic acids is 2. The van der Waals surface area contributed by atoms with Crippen LogP contribution in [0.2, 0.25) is 0 Å². The molecule has 26 heavy (non-hydrogen) atoms. The SMILES string of the molecule is O=C(OC(C(=O)OCc1ccccc1)c1ccc(F)cc1)C1CCCN1. The highest BCUT2D eigenvalue weighted by atomic mass is 19.1. The molecule has 1 N–H and O–H groups in total. The maximum absolute atomic E-state index is 13.2. The summed E-state index contributed by atoms with van der Waals surface area (Å²) in [6, 6.07) is 14.0. The zero-order valence-corrected chi connectivity index (χ0v) is 14.2. The van der Waals surface area contributed by atoms with Crippen molar-refractivity contribution >= 4 is 11.9 Å². The minimum absolute atomic E-state index is 0.0661. The predicted octanol–water partition coefficient (Wildman–Crippen LogP) is 2.91. The molecule has 1 aliphatic heterocycles. The molecule has 1 heterocycles. The van der Waals surface area contributed by atoms with Gasteiger partial charge in [0.25, 0.3) is 0 Å². The van der Waals surface area contributed by atoms with E-state index in [2.05, 4.69) is 5.32 Å². The van der Waals surface area contributed by atoms with E-state index in [9.17, 15) is 14.0 Å². The molecule has 0 amide bonds. The molecule has 0 saturated carbocycles. The van der Waals surface area contributed by atoms with Gasteiger partial charge in [0.1, 0.15) is 18.5 Å². The van der Waals surface area contributed by atoms with Crippen molar-refractivity contribution in [3.05, 3.63) is 71.5 Å². The fourth-order valence-corrected chi connectivity index (χ4v) is 2.78. The third-order valence-electron chi connectivity index (χ3n) is 4.19. The first-order valence-corrected chi connectivity index (χ1v) is 8.53. The Morgan fingerprint density at radius 2 is 1.85 bits per heavy atom. The first kappa shape index (κ1) is 18.1. The maximum atomic E-state index is 13.2. The van der Waals surface area contributed by atoms with Crippen LogP contribution in [-0.2, 0) is 25.7 Å². The molecule has 2 atom stereocenters. The molecule has 1 fully saturated rings. The van der Waals surface area contributed by atoms with Gasteiger partial charge in [-0.05, 0) is 37.1 Å². The summed E-state index contributed by atoms with van der Waals surface area (Å²) in [5, 5.41) is 3.03. The largest absolute Gasteiger partial charge is 0.458 e. The Kier molecular flexibility index (Phi) is 5.96. The maximum Gasteiger partial charge on any atom is 0.352 e. The zero-order valence-electron chi connectivity index (χ0n) is 14.2. The van der Waals surface area contributed by atoms with Crippen molar-refractivity contribution in [1.82, 2.24) is 5.32 Å². The molecule has 136 valence electrons. The summed E-state index contributed by atoms with van der Waals surface area (Å²) in [5.41, 5.74) is 1.19. The van der Waals surface area contributed by atoms with Gasteiger partial charge in [0.15, 0.2) is 0 Å². The lowest BCUT2D eigenvalue weighted by Crippen LogP contribution is -2.35. The van der Waals surface area contributed by atoms with Crippen molar-refractivity contribution in [3.8, 4) is 0 Å². The molecular weight excluding hydrogens is 337 g/mol. The highest BCUT2D eigenvalue weighted by molar-refractivity contribution is 5.83. The molecule has 3 rings (SSSR count). The minimum atomic E-state index is -1.23. The van der Waals surface area contributed by atoms with Crippen LogP contribution in [0, 0.1) is 5.82 Å². The van der Waals surface area contributed by atoms with Crippen LogP contribution in [0.5, 0.6) is 0 Å². The van der Waals surface area contributed by atoms with Crippen LogP contribution in [0.25, 0.3) is 0 Å². The summed E-state index contributed by atoms with van der Waals surface area (Å²) in [5.74, 6) is -1.63. The Bertz CT molecular complexity index is 742. The normalized spacial score (nSPS) is 17.5. The molecule has 1 aliphatic rings. The number of benzene rings is 2. The van der Waals surface area contributed by atoms with Crippen LogP contribution in [0.3, 0.4) is 0 Å². The fourth-order valence-electron chi connectivity index (χ4n) is 2.78. The van der Waals surface area contributed by atoms with Gasteiger partial charge in [-0.3, -0.25) is 4.79 Å². The number of rotatable bonds is 6. The van der Waals surface area contributed by atoms with E-state index in [0.29, 0.717) is 12.0 Å². The number of esters is 2. The predicted molar refractivity (Wildman–Crippen MR) is 92.5 cm³/mol. The first-order valence-electron chi connectivity index (χ1n) is 8.53. The Hall–Kier alpha value is -2.73. The van der Waals surface area contributed by atoms with Crippen LogP contribution >= 0.6 is 0 Å². The molecule has 0 spiro atoms. The van der Waals surface area contributed by atoms with E-state index in [-0.39, 0.29) is 6.61 Å². The number of carbonyl (C=O) groups is 2. The van der Waals surface area contributed by atoms with Gasteiger partial charge in [0.05, 0.1) is 0 Å². The number of halogens is 1. The lowest BCUT2D eigenvalue weighted by atomic mass is 10.1. The number of ether oxygens (including phenoxy) is 2. The smallest absolute Gasteiger partial charge is 0.352 e. The molecule has 5 nitrogen and oxygen atoms in total. The second kappa shape index (κ2) is 8.58. The molecule has 2 unspecified atom stereocenters. The summed E-state index contributed by atoms with van der Waals surface area (Å²) in [4.78, 5) is 24.8. The Morgan fingerprint density at radius 1 is 1.12 bits per heavy atom. The summed E-state index contributed by atoms with van der Waals surface area (Å²) in [6.07, 6.45) is 0.308. The molecule has 1 saturated heterocycles. The Morgan fingerprint density at radius 3 is 2.50 bits per heavy atom. The minimum Gasteiger partial charge on any atom is -0.458 e. The summed E-state index contributed by atoms with van der Waals surface area (Å²) < 4.78 is 23.9. The van der Waals surface area contributed by atoms with Gasteiger partial charge in [-0.15, -0.1) is 0 Å². The topological polar surface area (TPSA) is 64.6 Å². The summed E-state index contributed by atoms with van der Waals surface area (Å²) in [6.45, 7) is 0.802. The van der Waals surface area contributed by atoms with E-state index in [1.807, 2.05) is 30.3 Å². The molecule has 0 aromatic heterocycles. The second-order valence-corrected chi connectivity index (χ2v) is 6.11. The van der Waals surface area contributed by atoms with Crippen LogP contribution in [-0.4, -0.2) is 24.5 Å². The Balaban J connectivity index is 1.71. The number of nitrogens with one attached hydrogen (secondary N) is 1. The van der Waals surface area contributed by atoms with Gasteiger partial charge < -0.3 is 14.8 Å². The second-order valence-electron chi connectivity index (χ2n) is 6.11. The van der Waals surface area contributed by atoms with Gasteiger partial charge in [-0.2, -0.15) is 0 Å². The quantitative estimate of drug-likeness (QED) is 0.806. The molecule has 2 aromatic carbocycles. The van der Waals surface area contributed by atoms with E-state index in [4.69, 9.17) is 9.47 Å². The van der Waals surface area contributed by atoms with Gasteiger partial charge in [-0.25, -0.2) is 9.18 Å². The number of hydrogen-bond acceptors (Lipinski definition) is 5. The summed E-state index contributed by atoms with van der Waals surface area (Å²) >= 11 is 0. The van der Waals surface area contributed by atoms with Crippen molar-refractivity contribution in [2.45, 2.75) is 31.6 Å². The lowest BCUT2D eigenvalue weighted by molar-refractivity contribution is -0.170. The molecule has 2 aromatic rings. The Labute approximate surface area is 151 Å². The molecule has 6 heteroatoms. The van der Waals surface area contributed by atoms with E-state index >= 15 is 0 Å². The van der Waals surface area contributed by atoms with Crippen molar-refractivity contribution in [3.63, 3.8) is 0 Å². The molecule has 0 bridgehead atoms. The van der Waals surface area contributed by atoms with Crippen LogP contribution < -0.4 is 5.32 Å². The highest BCUT2D eigenvalue weighted by Gasteiger charge is 2.31. The van der Waals surface area contributed by atoms with E-state index in [1.54, 1.807) is 0 Å². The van der Waals surface area contributed by atoms with Gasteiger partial charge >= 0.3 is 11.9 Å². The standard InChI is InChI=1S/C20H20FNO4/c21-16-10-8-15(9-11-16)18(26-19(23)17-7-4-12-22-17)20(24)25-13-14-5-2-1-3-6-14/h1-3,5-6,8-11,17-18,22H,4,7,12-13H2. The average molecular weight is 357 g/mol. The first-order chi connectivity index (χ1) is 12.6. The zero-order chi connectivity index (χ0) is 18.4. The van der Waals surface area contributed by atoms with Gasteiger partial charge in [-0.1, -0.05) is 42.5 Å². The lowest BCUT2D eigenvalue weighted by Gasteiger charge is -2.19. The molecule has 0 aliphatic carbocycles. The van der Waals surface area contributed by atoms with Crippen molar-refractivity contribution in [1.29, 1.82) is 0 Å². The van der Waals surface area contributed by atoms with E-state index < -0.39 is 29.9 Å². The van der Waals surface area contributed by atoms with E-state index in [0.717, 1.165) is 18.5 Å². The monoisotopic (exact) mass is 357 g/mol. The third-order valence-corrected chi connectivity index (χ3v) is 4.19. The third kappa shape index (κ3) is 4.67. The number of hydrogen-bond donors (Lipinski definition) is 1. The average Bonchev–Trinajstić information content (AvgIpc) is 3.21. The van der Waals surface area contributed by atoms with Gasteiger partial charge in [0.2, 0.25) is 6.10 Å². The summed E-state index contributed by atoms with van der Waals surface area (Å²) in [7, 11) is 0. The van der Waals surface area contributed by atoms with Crippen molar-refractivity contribution in [2.75, 3.05) is 6.54 Å². The van der Waals surface area contributed by atoms with Gasteiger partial charge in [0, 0.05) is 5.56 Å². The van der Waals surface area contributed by atoms with Crippen molar-refractivity contribution < 1.29 is 23.5 Å². The molecule has 0 radical (unpaired) electrons. The van der Waals surface area contributed by atoms with E-state index in [1.165, 1.54) is 24.3 Å². The van der Waals surface area contributed by atoms with Crippen LogP contribution in [0.15, 0.2) is 54.6 Å². The molecular formula is C20H20FNO4. The van der Waals surface area contributed by atoms with Crippen molar-refractivity contribution in [2.24, 2.45) is 0 Å². The van der Waals surface area contributed by atoms with Crippen LogP contribution in [0.4, 0.5) is 4.39 Å². The highest BCUT2D eigenvalue weighted by Crippen LogP contribution is 2.22.